The molecular formula is C25H22N4O5. The molecule has 0 atom stereocenters. The largest absolute Gasteiger partial charge is 0.497 e. The van der Waals surface area contributed by atoms with Crippen LogP contribution in [0.1, 0.15) is 12.0 Å². The van der Waals surface area contributed by atoms with Gasteiger partial charge in [0.25, 0.3) is 0 Å². The zero-order valence-electron chi connectivity index (χ0n) is 18.5. The molecule has 0 aliphatic carbocycles. The highest BCUT2D eigenvalue weighted by Crippen LogP contribution is 2.33. The van der Waals surface area contributed by atoms with Gasteiger partial charge in [0.2, 0.25) is 11.8 Å². The molecule has 0 bridgehead atoms. The minimum Gasteiger partial charge on any atom is -0.497 e. The lowest BCUT2D eigenvalue weighted by molar-refractivity contribution is -0.120. The lowest BCUT2D eigenvalue weighted by atomic mass is 10.1. The molecule has 1 aromatic heterocycles. The van der Waals surface area contributed by atoms with E-state index >= 15 is 0 Å². The topological polar surface area (TPSA) is 102 Å². The summed E-state index contributed by atoms with van der Waals surface area (Å²) in [6, 6.07) is 16.0. The van der Waals surface area contributed by atoms with Gasteiger partial charge < -0.3 is 19.5 Å². The average Bonchev–Trinajstić information content (AvgIpc) is 3.00. The Labute approximate surface area is 196 Å². The van der Waals surface area contributed by atoms with E-state index in [0.717, 1.165) is 5.56 Å². The number of hydrogen-bond acceptors (Lipinski definition) is 7. The fourth-order valence-corrected chi connectivity index (χ4v) is 3.80. The van der Waals surface area contributed by atoms with Crippen molar-refractivity contribution < 1.29 is 23.8 Å². The third-order valence-corrected chi connectivity index (χ3v) is 5.45. The first-order chi connectivity index (χ1) is 16.6. The smallest absolute Gasteiger partial charge is 0.244 e. The number of methoxy groups -OCH3 is 1. The van der Waals surface area contributed by atoms with E-state index in [9.17, 15) is 9.59 Å². The van der Waals surface area contributed by atoms with Crippen molar-refractivity contribution in [1.82, 2.24) is 4.98 Å². The molecule has 0 radical (unpaired) electrons. The molecule has 1 N–H and O–H groups in total. The molecule has 3 heterocycles. The molecule has 0 fully saturated rings. The quantitative estimate of drug-likeness (QED) is 0.629. The molecule has 0 saturated carbocycles. The van der Waals surface area contributed by atoms with Crippen molar-refractivity contribution in [2.45, 2.75) is 6.42 Å². The van der Waals surface area contributed by atoms with Crippen LogP contribution in [0.15, 0.2) is 65.8 Å². The van der Waals surface area contributed by atoms with Gasteiger partial charge in [0.05, 0.1) is 19.2 Å². The van der Waals surface area contributed by atoms with Crippen molar-refractivity contribution in [1.29, 1.82) is 0 Å². The molecule has 0 saturated heterocycles. The van der Waals surface area contributed by atoms with Crippen molar-refractivity contribution >= 4 is 34.7 Å². The van der Waals surface area contributed by atoms with Crippen molar-refractivity contribution in [3.63, 3.8) is 0 Å². The highest BCUT2D eigenvalue weighted by atomic mass is 16.6. The molecule has 9 heteroatoms. The Kier molecular flexibility index (Phi) is 5.82. The van der Waals surface area contributed by atoms with Gasteiger partial charge in [-0.1, -0.05) is 0 Å². The monoisotopic (exact) mass is 458 g/mol. The van der Waals surface area contributed by atoms with Gasteiger partial charge in [-0.15, -0.1) is 0 Å². The number of aliphatic imine (C=N–C) groups is 1. The summed E-state index contributed by atoms with van der Waals surface area (Å²) in [6.45, 7) is 0.733. The van der Waals surface area contributed by atoms with Crippen LogP contribution in [0.5, 0.6) is 17.2 Å². The number of ether oxygens (including phenoxy) is 3. The van der Waals surface area contributed by atoms with Crippen LogP contribution in [-0.2, 0) is 9.59 Å². The predicted molar refractivity (Wildman–Crippen MR) is 126 cm³/mol. The van der Waals surface area contributed by atoms with Gasteiger partial charge in [0, 0.05) is 18.0 Å². The summed E-state index contributed by atoms with van der Waals surface area (Å²) in [6.07, 6.45) is 1.60. The normalized spacial score (nSPS) is 14.6. The van der Waals surface area contributed by atoms with E-state index in [4.69, 9.17) is 19.2 Å². The maximum absolute atomic E-state index is 13.2. The number of benzene rings is 2. The van der Waals surface area contributed by atoms with Crippen LogP contribution in [0.4, 0.5) is 17.2 Å². The number of anilines is 2. The van der Waals surface area contributed by atoms with Gasteiger partial charge in [0.15, 0.2) is 17.3 Å². The summed E-state index contributed by atoms with van der Waals surface area (Å²) in [4.78, 5) is 36.5. The molecule has 2 amide bonds. The minimum atomic E-state index is -0.366. The molecule has 9 nitrogen and oxygen atoms in total. The van der Waals surface area contributed by atoms with Gasteiger partial charge in [-0.2, -0.15) is 0 Å². The Hall–Kier alpha value is -4.40. The second kappa shape index (κ2) is 9.22. The van der Waals surface area contributed by atoms with E-state index in [1.165, 1.54) is 4.90 Å². The summed E-state index contributed by atoms with van der Waals surface area (Å²) in [5.41, 5.74) is 2.46. The number of nitrogens with zero attached hydrogens (tertiary/aromatic N) is 3. The fourth-order valence-electron chi connectivity index (χ4n) is 3.80. The van der Waals surface area contributed by atoms with Crippen LogP contribution in [0, 0.1) is 0 Å². The first-order valence-electron chi connectivity index (χ1n) is 10.8. The highest BCUT2D eigenvalue weighted by Gasteiger charge is 2.28. The molecule has 0 spiro atoms. The van der Waals surface area contributed by atoms with E-state index in [0.29, 0.717) is 53.4 Å². The lowest BCUT2D eigenvalue weighted by Crippen LogP contribution is -2.39. The zero-order chi connectivity index (χ0) is 23.5. The number of aromatic nitrogens is 1. The van der Waals surface area contributed by atoms with E-state index in [2.05, 4.69) is 10.3 Å². The Morgan fingerprint density at radius 2 is 1.88 bits per heavy atom. The molecular weight excluding hydrogens is 436 g/mol. The summed E-state index contributed by atoms with van der Waals surface area (Å²) in [5, 5.41) is 2.82. The Morgan fingerprint density at radius 1 is 1.09 bits per heavy atom. The van der Waals surface area contributed by atoms with Gasteiger partial charge in [-0.3, -0.25) is 14.5 Å². The van der Waals surface area contributed by atoms with Crippen LogP contribution in [0.2, 0.25) is 0 Å². The summed E-state index contributed by atoms with van der Waals surface area (Å²) in [5.74, 6) is 1.61. The SMILES string of the molecule is COc1ccc(C2=Nc3cccnc3N(CC(=O)Nc3ccc4c(c3)OCCO4)C(=O)C2)cc1. The zero-order valence-corrected chi connectivity index (χ0v) is 18.5. The number of carbonyl (C=O) groups excluding carboxylic acids is 2. The Morgan fingerprint density at radius 3 is 2.68 bits per heavy atom. The molecule has 5 rings (SSSR count). The van der Waals surface area contributed by atoms with Crippen molar-refractivity contribution in [3.05, 3.63) is 66.4 Å². The molecule has 34 heavy (non-hydrogen) atoms. The second-order valence-corrected chi connectivity index (χ2v) is 7.70. The van der Waals surface area contributed by atoms with Crippen molar-refractivity contribution in [2.24, 2.45) is 4.99 Å². The number of pyridine rings is 1. The number of carbonyl (C=O) groups is 2. The lowest BCUT2D eigenvalue weighted by Gasteiger charge is -2.21. The van der Waals surface area contributed by atoms with Gasteiger partial charge in [-0.05, 0) is 54.1 Å². The molecule has 2 aliphatic heterocycles. The maximum Gasteiger partial charge on any atom is 0.244 e. The predicted octanol–water partition coefficient (Wildman–Crippen LogP) is 3.36. The van der Waals surface area contributed by atoms with E-state index in [-0.39, 0.29) is 24.8 Å². The number of amides is 2. The molecule has 0 unspecified atom stereocenters. The Balaban J connectivity index is 1.37. The van der Waals surface area contributed by atoms with Crippen LogP contribution in [0.3, 0.4) is 0 Å². The third kappa shape index (κ3) is 4.40. The number of fused-ring (bicyclic) bond motifs is 2. The first-order valence-corrected chi connectivity index (χ1v) is 10.8. The number of rotatable bonds is 5. The minimum absolute atomic E-state index is 0.0278. The van der Waals surface area contributed by atoms with Crippen LogP contribution in [0.25, 0.3) is 0 Å². The Bertz CT molecular complexity index is 1270. The van der Waals surface area contributed by atoms with E-state index in [1.54, 1.807) is 43.6 Å². The van der Waals surface area contributed by atoms with Crippen LogP contribution >= 0.6 is 0 Å². The number of nitrogens with one attached hydrogen (secondary N) is 1. The molecule has 2 aromatic carbocycles. The maximum atomic E-state index is 13.2. The third-order valence-electron chi connectivity index (χ3n) is 5.45. The van der Waals surface area contributed by atoms with Crippen LogP contribution < -0.4 is 24.4 Å². The number of hydrogen-bond donors (Lipinski definition) is 1. The second-order valence-electron chi connectivity index (χ2n) is 7.70. The van der Waals surface area contributed by atoms with Gasteiger partial charge in [0.1, 0.15) is 31.2 Å². The van der Waals surface area contributed by atoms with Crippen LogP contribution in [-0.4, -0.2) is 49.4 Å². The first kappa shape index (κ1) is 21.4. The van der Waals surface area contributed by atoms with E-state index < -0.39 is 0 Å². The summed E-state index contributed by atoms with van der Waals surface area (Å²) in [7, 11) is 1.59. The summed E-state index contributed by atoms with van der Waals surface area (Å²) < 4.78 is 16.3. The van der Waals surface area contributed by atoms with Crippen molar-refractivity contribution in [3.8, 4) is 17.2 Å². The summed E-state index contributed by atoms with van der Waals surface area (Å²) >= 11 is 0. The van der Waals surface area contributed by atoms with E-state index in [1.807, 2.05) is 24.3 Å². The molecule has 3 aromatic rings. The average molecular weight is 458 g/mol. The standard InChI is InChI=1S/C25H22N4O5/c1-32-18-7-4-16(5-8-18)20-14-24(31)29(25-19(28-20)3-2-10-26-25)15-23(30)27-17-6-9-21-22(13-17)34-12-11-33-21/h2-10,13H,11-12,14-15H2,1H3,(H,27,30). The van der Waals surface area contributed by atoms with Gasteiger partial charge in [-0.25, -0.2) is 9.98 Å². The van der Waals surface area contributed by atoms with Crippen molar-refractivity contribution in [2.75, 3.05) is 37.1 Å². The fraction of sp³-hybridized carbons (Fsp3) is 0.200. The molecule has 2 aliphatic rings. The highest BCUT2D eigenvalue weighted by molar-refractivity contribution is 6.18. The van der Waals surface area contributed by atoms with Gasteiger partial charge >= 0.3 is 0 Å². The molecule has 172 valence electrons.